The quantitative estimate of drug-likeness (QED) is 0.745. The van der Waals surface area contributed by atoms with E-state index in [9.17, 15) is 0 Å². The number of hydrogen-bond acceptors (Lipinski definition) is 4. The second-order valence-corrected chi connectivity index (χ2v) is 3.34. The molecule has 4 nitrogen and oxygen atoms in total. The number of hydrogen-bond donors (Lipinski definition) is 1. The molecule has 0 atom stereocenters. The highest BCUT2D eigenvalue weighted by Crippen LogP contribution is 2.26. The molecule has 0 aromatic heterocycles. The molecule has 0 heterocycles. The average Bonchev–Trinajstić information content (AvgIpc) is 2.25. The van der Waals surface area contributed by atoms with Crippen molar-refractivity contribution in [2.45, 2.75) is 0 Å². The normalized spacial score (nSPS) is 10.1. The molecule has 0 radical (unpaired) electrons. The lowest BCUT2D eigenvalue weighted by molar-refractivity contribution is 0.206. The Kier molecular flexibility index (Phi) is 4.24. The summed E-state index contributed by atoms with van der Waals surface area (Å²) in [7, 11) is 5.30. The van der Waals surface area contributed by atoms with Crippen LogP contribution in [0.15, 0.2) is 18.2 Å². The van der Waals surface area contributed by atoms with Crippen LogP contribution in [0, 0.1) is 0 Å². The minimum Gasteiger partial charge on any atom is -0.495 e. The van der Waals surface area contributed by atoms with Gasteiger partial charge in [0.15, 0.2) is 0 Å². The van der Waals surface area contributed by atoms with Gasteiger partial charge in [-0.1, -0.05) is 0 Å². The van der Waals surface area contributed by atoms with E-state index in [0.29, 0.717) is 18.0 Å². The summed E-state index contributed by atoms with van der Waals surface area (Å²) in [5.74, 6) is 0.707. The number of methoxy groups -OCH3 is 2. The zero-order valence-corrected chi connectivity index (χ0v) is 9.49. The molecule has 15 heavy (non-hydrogen) atoms. The van der Waals surface area contributed by atoms with Crippen molar-refractivity contribution in [2.75, 3.05) is 45.1 Å². The van der Waals surface area contributed by atoms with Gasteiger partial charge >= 0.3 is 0 Å². The standard InChI is InChI=1S/C11H18N2O2/c1-13(6-7-14-2)9-4-5-11(15-3)10(12)8-9/h4-5,8H,6-7,12H2,1-3H3. The molecule has 4 heteroatoms. The molecule has 0 spiro atoms. The third-order valence-electron chi connectivity index (χ3n) is 2.28. The van der Waals surface area contributed by atoms with E-state index in [-0.39, 0.29) is 0 Å². The zero-order valence-electron chi connectivity index (χ0n) is 9.49. The molecule has 1 aromatic carbocycles. The van der Waals surface area contributed by atoms with Gasteiger partial charge in [-0.15, -0.1) is 0 Å². The first-order valence-corrected chi connectivity index (χ1v) is 4.82. The highest BCUT2D eigenvalue weighted by Gasteiger charge is 2.04. The maximum absolute atomic E-state index is 5.82. The minimum atomic E-state index is 0.652. The molecule has 0 fully saturated rings. The molecule has 0 aliphatic rings. The van der Waals surface area contributed by atoms with Gasteiger partial charge in [-0.25, -0.2) is 0 Å². The lowest BCUT2D eigenvalue weighted by Crippen LogP contribution is -2.22. The van der Waals surface area contributed by atoms with Crippen molar-refractivity contribution >= 4 is 11.4 Å². The monoisotopic (exact) mass is 210 g/mol. The Bertz CT molecular complexity index is 315. The number of benzene rings is 1. The van der Waals surface area contributed by atoms with Gasteiger partial charge in [0.1, 0.15) is 5.75 Å². The van der Waals surface area contributed by atoms with Crippen molar-refractivity contribution in [1.82, 2.24) is 0 Å². The van der Waals surface area contributed by atoms with Crippen LogP contribution < -0.4 is 15.4 Å². The summed E-state index contributed by atoms with van der Waals surface area (Å²) in [4.78, 5) is 2.08. The van der Waals surface area contributed by atoms with Gasteiger partial charge in [0.25, 0.3) is 0 Å². The molecule has 0 aliphatic heterocycles. The van der Waals surface area contributed by atoms with Crippen molar-refractivity contribution in [2.24, 2.45) is 0 Å². The third kappa shape index (κ3) is 3.02. The Labute approximate surface area is 90.6 Å². The number of nitrogen functional groups attached to an aromatic ring is 1. The minimum absolute atomic E-state index is 0.652. The maximum atomic E-state index is 5.82. The van der Waals surface area contributed by atoms with Gasteiger partial charge < -0.3 is 20.1 Å². The van der Waals surface area contributed by atoms with Crippen LogP contribution in [0.25, 0.3) is 0 Å². The van der Waals surface area contributed by atoms with Gasteiger partial charge in [-0.2, -0.15) is 0 Å². The second-order valence-electron chi connectivity index (χ2n) is 3.34. The first-order valence-electron chi connectivity index (χ1n) is 4.82. The van der Waals surface area contributed by atoms with Crippen LogP contribution in [-0.4, -0.2) is 34.4 Å². The Balaban J connectivity index is 2.73. The summed E-state index contributed by atoms with van der Waals surface area (Å²) in [6.07, 6.45) is 0. The van der Waals surface area contributed by atoms with E-state index in [4.69, 9.17) is 15.2 Å². The van der Waals surface area contributed by atoms with Crippen LogP contribution in [0.3, 0.4) is 0 Å². The van der Waals surface area contributed by atoms with Crippen molar-refractivity contribution in [3.8, 4) is 5.75 Å². The largest absolute Gasteiger partial charge is 0.495 e. The Morgan fingerprint density at radius 3 is 2.60 bits per heavy atom. The average molecular weight is 210 g/mol. The molecule has 0 bridgehead atoms. The molecule has 2 N–H and O–H groups in total. The molecule has 1 rings (SSSR count). The number of anilines is 2. The van der Waals surface area contributed by atoms with Gasteiger partial charge in [0.05, 0.1) is 19.4 Å². The number of likely N-dealkylation sites (N-methyl/N-ethyl adjacent to an activating group) is 1. The molecule has 0 amide bonds. The summed E-state index contributed by atoms with van der Waals surface area (Å²) < 4.78 is 10.1. The van der Waals surface area contributed by atoms with Gasteiger partial charge in [-0.05, 0) is 18.2 Å². The molecule has 0 aliphatic carbocycles. The first-order chi connectivity index (χ1) is 7.19. The topological polar surface area (TPSA) is 47.7 Å². The summed E-state index contributed by atoms with van der Waals surface area (Å²) in [6.45, 7) is 1.53. The molecular weight excluding hydrogens is 192 g/mol. The highest BCUT2D eigenvalue weighted by molar-refractivity contribution is 5.63. The number of nitrogens with two attached hydrogens (primary N) is 1. The van der Waals surface area contributed by atoms with Crippen molar-refractivity contribution < 1.29 is 9.47 Å². The van der Waals surface area contributed by atoms with Crippen LogP contribution >= 0.6 is 0 Å². The Morgan fingerprint density at radius 2 is 2.07 bits per heavy atom. The molecule has 84 valence electrons. The molecule has 1 aromatic rings. The lowest BCUT2D eigenvalue weighted by atomic mass is 10.2. The van der Waals surface area contributed by atoms with E-state index in [0.717, 1.165) is 12.2 Å². The molecule has 0 unspecified atom stereocenters. The van der Waals surface area contributed by atoms with Crippen molar-refractivity contribution in [3.63, 3.8) is 0 Å². The predicted octanol–water partition coefficient (Wildman–Crippen LogP) is 1.36. The lowest BCUT2D eigenvalue weighted by Gasteiger charge is -2.19. The summed E-state index contributed by atoms with van der Waals surface area (Å²) in [5.41, 5.74) is 7.53. The Hall–Kier alpha value is -1.42. The fourth-order valence-electron chi connectivity index (χ4n) is 1.32. The number of nitrogens with zero attached hydrogens (tertiary/aromatic N) is 1. The van der Waals surface area contributed by atoms with E-state index >= 15 is 0 Å². The SMILES string of the molecule is COCCN(C)c1ccc(OC)c(N)c1. The fraction of sp³-hybridized carbons (Fsp3) is 0.455. The van der Waals surface area contributed by atoms with E-state index in [1.165, 1.54) is 0 Å². The molecular formula is C11H18N2O2. The van der Waals surface area contributed by atoms with Crippen LogP contribution in [-0.2, 0) is 4.74 Å². The van der Waals surface area contributed by atoms with Crippen LogP contribution in [0.2, 0.25) is 0 Å². The first kappa shape index (κ1) is 11.7. The van der Waals surface area contributed by atoms with Crippen LogP contribution in [0.5, 0.6) is 5.75 Å². The smallest absolute Gasteiger partial charge is 0.141 e. The second kappa shape index (κ2) is 5.46. The molecule has 0 saturated carbocycles. The van der Waals surface area contributed by atoms with Gasteiger partial charge in [0, 0.05) is 26.4 Å². The van der Waals surface area contributed by atoms with Crippen LogP contribution in [0.1, 0.15) is 0 Å². The van der Waals surface area contributed by atoms with Crippen molar-refractivity contribution in [1.29, 1.82) is 0 Å². The zero-order chi connectivity index (χ0) is 11.3. The number of rotatable bonds is 5. The van der Waals surface area contributed by atoms with E-state index in [2.05, 4.69) is 4.90 Å². The van der Waals surface area contributed by atoms with E-state index in [1.807, 2.05) is 25.2 Å². The maximum Gasteiger partial charge on any atom is 0.141 e. The number of ether oxygens (including phenoxy) is 2. The van der Waals surface area contributed by atoms with Gasteiger partial charge in [-0.3, -0.25) is 0 Å². The fourth-order valence-corrected chi connectivity index (χ4v) is 1.32. The predicted molar refractivity (Wildman–Crippen MR) is 62.6 cm³/mol. The summed E-state index contributed by atoms with van der Waals surface area (Å²) in [5, 5.41) is 0. The van der Waals surface area contributed by atoms with Crippen molar-refractivity contribution in [3.05, 3.63) is 18.2 Å². The van der Waals surface area contributed by atoms with Crippen LogP contribution in [0.4, 0.5) is 11.4 Å². The van der Waals surface area contributed by atoms with E-state index < -0.39 is 0 Å². The van der Waals surface area contributed by atoms with Gasteiger partial charge in [0.2, 0.25) is 0 Å². The summed E-state index contributed by atoms with van der Waals surface area (Å²) in [6, 6.07) is 5.74. The Morgan fingerprint density at radius 1 is 1.33 bits per heavy atom. The summed E-state index contributed by atoms with van der Waals surface area (Å²) >= 11 is 0. The van der Waals surface area contributed by atoms with E-state index in [1.54, 1.807) is 14.2 Å². The molecule has 0 saturated heterocycles. The third-order valence-corrected chi connectivity index (χ3v) is 2.28. The highest BCUT2D eigenvalue weighted by atomic mass is 16.5.